The number of oxime groups is 1. The Kier molecular flexibility index (Phi) is 3.69. The molecule has 0 fully saturated rings. The van der Waals surface area contributed by atoms with Gasteiger partial charge in [0.2, 0.25) is 5.82 Å². The van der Waals surface area contributed by atoms with Crippen LogP contribution in [0.5, 0.6) is 0 Å². The monoisotopic (exact) mass is 300 g/mol. The third-order valence-corrected chi connectivity index (χ3v) is 3.67. The normalized spacial score (nSPS) is 11.6. The average molecular weight is 300 g/mol. The fourth-order valence-electron chi connectivity index (χ4n) is 1.82. The summed E-state index contributed by atoms with van der Waals surface area (Å²) in [6.45, 7) is 0. The first kappa shape index (κ1) is 13.4. The van der Waals surface area contributed by atoms with Gasteiger partial charge in [-0.25, -0.2) is 9.67 Å². The predicted molar refractivity (Wildman–Crippen MR) is 79.0 cm³/mol. The molecule has 1 aromatic carbocycles. The lowest BCUT2D eigenvalue weighted by molar-refractivity contribution is 0.213. The number of tetrazole rings is 1. The highest BCUT2D eigenvalue weighted by molar-refractivity contribution is 7.13. The van der Waals surface area contributed by atoms with Gasteiger partial charge in [-0.3, -0.25) is 0 Å². The Bertz CT molecular complexity index is 764. The Hall–Kier alpha value is -2.61. The van der Waals surface area contributed by atoms with Gasteiger partial charge in [0.25, 0.3) is 0 Å². The van der Waals surface area contributed by atoms with E-state index >= 15 is 0 Å². The van der Waals surface area contributed by atoms with Crippen LogP contribution in [0.15, 0.2) is 40.9 Å². The summed E-state index contributed by atoms with van der Waals surface area (Å²) < 4.78 is 1.53. The second-order valence-corrected chi connectivity index (χ2v) is 5.01. The Balaban J connectivity index is 2.01. The maximum atomic E-state index is 4.90. The molecule has 0 saturated carbocycles. The van der Waals surface area contributed by atoms with E-state index < -0.39 is 0 Å². The highest BCUT2D eigenvalue weighted by atomic mass is 32.1. The van der Waals surface area contributed by atoms with Crippen molar-refractivity contribution in [1.82, 2.24) is 25.2 Å². The maximum Gasteiger partial charge on any atom is 0.206 e. The van der Waals surface area contributed by atoms with E-state index in [-0.39, 0.29) is 0 Å². The van der Waals surface area contributed by atoms with Gasteiger partial charge in [0.1, 0.15) is 17.8 Å². The van der Waals surface area contributed by atoms with Gasteiger partial charge in [-0.05, 0) is 10.4 Å². The lowest BCUT2D eigenvalue weighted by atomic mass is 10.2. The van der Waals surface area contributed by atoms with Crippen molar-refractivity contribution in [2.24, 2.45) is 12.2 Å². The molecule has 3 rings (SSSR count). The molecule has 0 bridgehead atoms. The summed E-state index contributed by atoms with van der Waals surface area (Å²) in [4.78, 5) is 9.49. The molecular weight excluding hydrogens is 288 g/mol. The van der Waals surface area contributed by atoms with Crippen LogP contribution in [0.25, 0.3) is 10.6 Å². The van der Waals surface area contributed by atoms with E-state index in [1.54, 1.807) is 7.05 Å². The minimum atomic E-state index is 0.502. The molecular formula is C13H12N6OS. The molecule has 0 spiro atoms. The molecule has 21 heavy (non-hydrogen) atoms. The van der Waals surface area contributed by atoms with Gasteiger partial charge in [0.05, 0.1) is 0 Å². The van der Waals surface area contributed by atoms with Crippen molar-refractivity contribution in [2.75, 3.05) is 7.11 Å². The molecule has 2 heterocycles. The van der Waals surface area contributed by atoms with Crippen LogP contribution in [0.1, 0.15) is 11.5 Å². The molecule has 0 N–H and O–H groups in total. The van der Waals surface area contributed by atoms with Crippen molar-refractivity contribution in [3.8, 4) is 10.6 Å². The summed E-state index contributed by atoms with van der Waals surface area (Å²) in [5.74, 6) is 0.502. The molecule has 0 amide bonds. The highest BCUT2D eigenvalue weighted by Crippen LogP contribution is 2.24. The van der Waals surface area contributed by atoms with Crippen LogP contribution in [0.4, 0.5) is 0 Å². The van der Waals surface area contributed by atoms with Crippen LogP contribution in [-0.4, -0.2) is 38.0 Å². The third-order valence-electron chi connectivity index (χ3n) is 2.78. The molecule has 0 radical (unpaired) electrons. The van der Waals surface area contributed by atoms with Gasteiger partial charge in [-0.2, -0.15) is 0 Å². The number of hydrogen-bond acceptors (Lipinski definition) is 7. The summed E-state index contributed by atoms with van der Waals surface area (Å²) in [6, 6.07) is 9.96. The number of thiazole rings is 1. The third kappa shape index (κ3) is 2.65. The molecule has 3 aromatic rings. The quantitative estimate of drug-likeness (QED) is 0.541. The van der Waals surface area contributed by atoms with Crippen molar-refractivity contribution in [3.05, 3.63) is 47.2 Å². The van der Waals surface area contributed by atoms with E-state index in [4.69, 9.17) is 4.84 Å². The first-order valence-electron chi connectivity index (χ1n) is 6.15. The summed E-state index contributed by atoms with van der Waals surface area (Å²) in [6.07, 6.45) is 0. The molecule has 0 aliphatic rings. The number of hydrogen-bond donors (Lipinski definition) is 0. The molecule has 8 heteroatoms. The first-order valence-corrected chi connectivity index (χ1v) is 7.02. The van der Waals surface area contributed by atoms with Crippen molar-refractivity contribution in [2.45, 2.75) is 0 Å². The maximum absolute atomic E-state index is 4.90. The lowest BCUT2D eigenvalue weighted by Gasteiger charge is -2.00. The summed E-state index contributed by atoms with van der Waals surface area (Å²) in [5.41, 5.74) is 2.24. The fourth-order valence-corrected chi connectivity index (χ4v) is 2.63. The zero-order valence-corrected chi connectivity index (χ0v) is 12.3. The number of rotatable bonds is 4. The molecule has 0 aliphatic heterocycles. The predicted octanol–water partition coefficient (Wildman–Crippen LogP) is 1.73. The van der Waals surface area contributed by atoms with E-state index in [1.807, 2.05) is 35.7 Å². The second-order valence-electron chi connectivity index (χ2n) is 4.15. The summed E-state index contributed by atoms with van der Waals surface area (Å²) in [7, 11) is 3.22. The first-order chi connectivity index (χ1) is 10.3. The summed E-state index contributed by atoms with van der Waals surface area (Å²) in [5, 5.41) is 18.2. The Morgan fingerprint density at radius 1 is 1.29 bits per heavy atom. The van der Waals surface area contributed by atoms with E-state index in [9.17, 15) is 0 Å². The Labute approximate surface area is 124 Å². The van der Waals surface area contributed by atoms with Gasteiger partial charge < -0.3 is 4.84 Å². The van der Waals surface area contributed by atoms with Gasteiger partial charge in [0.15, 0.2) is 5.71 Å². The van der Waals surface area contributed by atoms with Crippen LogP contribution >= 0.6 is 11.3 Å². The SMILES string of the molecule is CON=C(c1csc(-c2ccccc2)n1)c1nnnn1C. The number of nitrogens with zero attached hydrogens (tertiary/aromatic N) is 6. The van der Waals surface area contributed by atoms with Crippen LogP contribution in [0.2, 0.25) is 0 Å². The average Bonchev–Trinajstić information content (AvgIpc) is 3.15. The highest BCUT2D eigenvalue weighted by Gasteiger charge is 2.18. The van der Waals surface area contributed by atoms with E-state index in [2.05, 4.69) is 25.7 Å². The Morgan fingerprint density at radius 3 is 2.76 bits per heavy atom. The van der Waals surface area contributed by atoms with Crippen molar-refractivity contribution >= 4 is 17.0 Å². The van der Waals surface area contributed by atoms with Gasteiger partial charge in [0, 0.05) is 18.0 Å². The van der Waals surface area contributed by atoms with Crippen molar-refractivity contribution < 1.29 is 4.84 Å². The van der Waals surface area contributed by atoms with Crippen LogP contribution in [-0.2, 0) is 11.9 Å². The van der Waals surface area contributed by atoms with Gasteiger partial charge in [-0.15, -0.1) is 16.4 Å². The second kappa shape index (κ2) is 5.80. The molecule has 106 valence electrons. The van der Waals surface area contributed by atoms with Crippen molar-refractivity contribution in [3.63, 3.8) is 0 Å². The van der Waals surface area contributed by atoms with Crippen LogP contribution in [0, 0.1) is 0 Å². The van der Waals surface area contributed by atoms with E-state index in [0.29, 0.717) is 17.2 Å². The van der Waals surface area contributed by atoms with E-state index in [0.717, 1.165) is 10.6 Å². The molecule has 0 aliphatic carbocycles. The Morgan fingerprint density at radius 2 is 2.10 bits per heavy atom. The topological polar surface area (TPSA) is 78.1 Å². The van der Waals surface area contributed by atoms with Crippen LogP contribution < -0.4 is 0 Å². The molecule has 7 nitrogen and oxygen atoms in total. The number of aromatic nitrogens is 5. The van der Waals surface area contributed by atoms with Crippen molar-refractivity contribution in [1.29, 1.82) is 0 Å². The standard InChI is InChI=1S/C13H12N6OS/c1-19-12(15-17-18-19)11(16-20-2)10-8-21-13(14-10)9-6-4-3-5-7-9/h3-8H,1-2H3. The zero-order chi connectivity index (χ0) is 14.7. The van der Waals surface area contributed by atoms with Crippen LogP contribution in [0.3, 0.4) is 0 Å². The minimum absolute atomic E-state index is 0.502. The fraction of sp³-hybridized carbons (Fsp3) is 0.154. The van der Waals surface area contributed by atoms with E-state index in [1.165, 1.54) is 23.1 Å². The lowest BCUT2D eigenvalue weighted by Crippen LogP contribution is -2.12. The van der Waals surface area contributed by atoms with Gasteiger partial charge in [-0.1, -0.05) is 35.5 Å². The molecule has 2 aromatic heterocycles. The summed E-state index contributed by atoms with van der Waals surface area (Å²) >= 11 is 1.53. The smallest absolute Gasteiger partial charge is 0.206 e. The molecule has 0 saturated heterocycles. The number of benzene rings is 1. The molecule has 0 atom stereocenters. The minimum Gasteiger partial charge on any atom is -0.398 e. The zero-order valence-electron chi connectivity index (χ0n) is 11.5. The molecule has 0 unspecified atom stereocenters. The van der Waals surface area contributed by atoms with Gasteiger partial charge >= 0.3 is 0 Å². The largest absolute Gasteiger partial charge is 0.398 e. The number of aryl methyl sites for hydroxylation is 1.